The topological polar surface area (TPSA) is 119 Å². The third kappa shape index (κ3) is 8.38. The van der Waals surface area contributed by atoms with Gasteiger partial charge in [-0.25, -0.2) is 0 Å². The number of nitrogens with zero attached hydrogens (tertiary/aromatic N) is 1. The van der Waals surface area contributed by atoms with Gasteiger partial charge in [-0.05, 0) is 69.5 Å². The minimum Gasteiger partial charge on any atom is -0.387 e. The number of aliphatic hydroxyl groups excluding tert-OH is 1. The third-order valence-electron chi connectivity index (χ3n) is 7.64. The van der Waals surface area contributed by atoms with Gasteiger partial charge in [0.25, 0.3) is 0 Å². The van der Waals surface area contributed by atoms with E-state index in [0.29, 0.717) is 35.6 Å². The zero-order valence-electron chi connectivity index (χ0n) is 25.7. The highest BCUT2D eigenvalue weighted by Gasteiger charge is 2.47. The Morgan fingerprint density at radius 3 is 2.07 bits per heavy atom. The zero-order valence-corrected chi connectivity index (χ0v) is 25.7. The maximum absolute atomic E-state index is 14.2. The van der Waals surface area contributed by atoms with Crippen molar-refractivity contribution < 1.29 is 24.6 Å². The lowest BCUT2D eigenvalue weighted by molar-refractivity contribution is -0.112. The standard InChI is InChI=1S/C36H41N3O5/c1-24(2)18-33(41)37-29-14-8-12-27(20-29)35(43)31-22-39(23-32(40)26-10-6-5-7-11-26)17-16-36(31,44)28-13-9-15-30(21-28)38-34(42)19-25(3)4/h5-15,18-21,31-32,40,44H,16-17,22-23H2,1-4H3,(H,37,41)(H,38,42). The van der Waals surface area contributed by atoms with Crippen LogP contribution in [-0.4, -0.2) is 52.3 Å². The summed E-state index contributed by atoms with van der Waals surface area (Å²) < 4.78 is 0. The lowest BCUT2D eigenvalue weighted by Crippen LogP contribution is -2.53. The Kier molecular flexibility index (Phi) is 10.7. The van der Waals surface area contributed by atoms with Crippen LogP contribution in [0.1, 0.15) is 61.7 Å². The molecule has 1 heterocycles. The number of Topliss-reactive ketones (excluding diaryl/α,β-unsaturated/α-hetero) is 1. The highest BCUT2D eigenvalue weighted by atomic mass is 16.3. The molecular formula is C36H41N3O5. The molecule has 2 amide bonds. The number of ketones is 1. The fourth-order valence-corrected chi connectivity index (χ4v) is 5.54. The minimum absolute atomic E-state index is 0.196. The van der Waals surface area contributed by atoms with Crippen LogP contribution in [0.15, 0.2) is 102 Å². The van der Waals surface area contributed by atoms with E-state index in [0.717, 1.165) is 16.7 Å². The number of piperidine rings is 1. The number of hydrogen-bond donors (Lipinski definition) is 4. The average Bonchev–Trinajstić information content (AvgIpc) is 2.97. The second kappa shape index (κ2) is 14.4. The molecule has 4 N–H and O–H groups in total. The molecule has 3 aromatic carbocycles. The van der Waals surface area contributed by atoms with Gasteiger partial charge in [-0.1, -0.05) is 65.7 Å². The van der Waals surface area contributed by atoms with Crippen LogP contribution in [0.25, 0.3) is 0 Å². The highest BCUT2D eigenvalue weighted by Crippen LogP contribution is 2.41. The Labute approximate surface area is 259 Å². The van der Waals surface area contributed by atoms with Crippen molar-refractivity contribution in [3.05, 3.63) is 119 Å². The molecule has 230 valence electrons. The van der Waals surface area contributed by atoms with Crippen molar-refractivity contribution in [1.29, 1.82) is 0 Å². The van der Waals surface area contributed by atoms with Crippen molar-refractivity contribution in [3.63, 3.8) is 0 Å². The highest BCUT2D eigenvalue weighted by molar-refractivity contribution is 6.03. The van der Waals surface area contributed by atoms with E-state index in [1.807, 2.05) is 62.9 Å². The number of rotatable bonds is 10. The number of nitrogens with one attached hydrogen (secondary N) is 2. The summed E-state index contributed by atoms with van der Waals surface area (Å²) in [6.07, 6.45) is 2.44. The molecule has 0 radical (unpaired) electrons. The van der Waals surface area contributed by atoms with Gasteiger partial charge in [-0.3, -0.25) is 19.3 Å². The van der Waals surface area contributed by atoms with Gasteiger partial charge >= 0.3 is 0 Å². The van der Waals surface area contributed by atoms with Gasteiger partial charge in [0.05, 0.1) is 12.0 Å². The zero-order chi connectivity index (χ0) is 31.9. The second-order valence-electron chi connectivity index (χ2n) is 11.9. The average molecular weight is 596 g/mol. The summed E-state index contributed by atoms with van der Waals surface area (Å²) in [5.41, 5.74) is 2.77. The van der Waals surface area contributed by atoms with Crippen molar-refractivity contribution in [2.75, 3.05) is 30.3 Å². The van der Waals surface area contributed by atoms with Gasteiger partial charge in [0.2, 0.25) is 11.8 Å². The third-order valence-corrected chi connectivity index (χ3v) is 7.64. The minimum atomic E-state index is -1.55. The number of likely N-dealkylation sites (tertiary alicyclic amines) is 1. The van der Waals surface area contributed by atoms with E-state index in [4.69, 9.17) is 0 Å². The van der Waals surface area contributed by atoms with Gasteiger partial charge in [0.15, 0.2) is 5.78 Å². The van der Waals surface area contributed by atoms with Crippen LogP contribution >= 0.6 is 0 Å². The summed E-state index contributed by atoms with van der Waals surface area (Å²) in [6.45, 7) is 8.25. The molecule has 4 rings (SSSR count). The Morgan fingerprint density at radius 2 is 1.45 bits per heavy atom. The molecule has 0 saturated carbocycles. The smallest absolute Gasteiger partial charge is 0.248 e. The predicted octanol–water partition coefficient (Wildman–Crippen LogP) is 5.62. The largest absolute Gasteiger partial charge is 0.387 e. The molecule has 44 heavy (non-hydrogen) atoms. The molecule has 1 aliphatic rings. The molecule has 1 aliphatic heterocycles. The van der Waals surface area contributed by atoms with Gasteiger partial charge in [0.1, 0.15) is 5.60 Å². The van der Waals surface area contributed by atoms with Crippen LogP contribution in [0.2, 0.25) is 0 Å². The number of anilines is 2. The van der Waals surface area contributed by atoms with Gasteiger partial charge < -0.3 is 20.8 Å². The van der Waals surface area contributed by atoms with Crippen LogP contribution in [0, 0.1) is 5.92 Å². The predicted molar refractivity (Wildman–Crippen MR) is 173 cm³/mol. The van der Waals surface area contributed by atoms with E-state index in [1.54, 1.807) is 48.5 Å². The summed E-state index contributed by atoms with van der Waals surface area (Å²) in [5, 5.41) is 28.9. The SMILES string of the molecule is CC(C)=CC(=O)Nc1cccc(C(=O)C2CN(CC(O)c3ccccc3)CCC2(O)c2cccc(NC(=O)C=C(C)C)c2)c1. The monoisotopic (exact) mass is 595 g/mol. The molecule has 0 bridgehead atoms. The molecule has 0 spiro atoms. The van der Waals surface area contributed by atoms with Gasteiger partial charge in [-0.2, -0.15) is 0 Å². The maximum Gasteiger partial charge on any atom is 0.248 e. The van der Waals surface area contributed by atoms with Crippen LogP contribution in [0.4, 0.5) is 11.4 Å². The second-order valence-corrected chi connectivity index (χ2v) is 11.9. The summed E-state index contributed by atoms with van der Waals surface area (Å²) in [7, 11) is 0. The van der Waals surface area contributed by atoms with Gasteiger partial charge in [-0.15, -0.1) is 0 Å². The molecule has 0 aromatic heterocycles. The summed E-state index contributed by atoms with van der Waals surface area (Å²) in [4.78, 5) is 41.0. The number of aliphatic hydroxyl groups is 2. The summed E-state index contributed by atoms with van der Waals surface area (Å²) in [5.74, 6) is -1.76. The molecule has 3 aromatic rings. The first-order valence-corrected chi connectivity index (χ1v) is 14.8. The van der Waals surface area contributed by atoms with Crippen molar-refractivity contribution >= 4 is 29.0 Å². The number of carbonyl (C=O) groups is 3. The van der Waals surface area contributed by atoms with Crippen LogP contribution < -0.4 is 10.6 Å². The molecule has 1 fully saturated rings. The van der Waals surface area contributed by atoms with Crippen LogP contribution in [0.3, 0.4) is 0 Å². The van der Waals surface area contributed by atoms with E-state index in [-0.39, 0.29) is 30.6 Å². The van der Waals surface area contributed by atoms with Crippen molar-refractivity contribution in [1.82, 2.24) is 4.90 Å². The Morgan fingerprint density at radius 1 is 0.864 bits per heavy atom. The van der Waals surface area contributed by atoms with Crippen LogP contribution in [0.5, 0.6) is 0 Å². The van der Waals surface area contributed by atoms with E-state index >= 15 is 0 Å². The number of β-amino-alcohol motifs (C(OH)–C–C–N with tert-alkyl or cyclic N) is 1. The Balaban J connectivity index is 1.66. The first kappa shape index (κ1) is 32.5. The van der Waals surface area contributed by atoms with E-state index in [2.05, 4.69) is 10.6 Å². The summed E-state index contributed by atoms with van der Waals surface area (Å²) >= 11 is 0. The van der Waals surface area contributed by atoms with Crippen LogP contribution in [-0.2, 0) is 15.2 Å². The summed E-state index contributed by atoms with van der Waals surface area (Å²) in [6, 6.07) is 23.0. The van der Waals surface area contributed by atoms with E-state index in [1.165, 1.54) is 12.2 Å². The molecule has 8 heteroatoms. The van der Waals surface area contributed by atoms with E-state index < -0.39 is 17.6 Å². The number of allylic oxidation sites excluding steroid dienone is 2. The normalized spacial score (nSPS) is 18.9. The first-order chi connectivity index (χ1) is 20.9. The molecule has 3 atom stereocenters. The van der Waals surface area contributed by atoms with Crippen molar-refractivity contribution in [2.24, 2.45) is 5.92 Å². The fraction of sp³-hybridized carbons (Fsp3) is 0.306. The molecule has 1 saturated heterocycles. The lowest BCUT2D eigenvalue weighted by Gasteiger charge is -2.45. The lowest BCUT2D eigenvalue weighted by atomic mass is 9.72. The number of carbonyl (C=O) groups excluding carboxylic acids is 3. The number of amides is 2. The van der Waals surface area contributed by atoms with Crippen molar-refractivity contribution in [2.45, 2.75) is 45.8 Å². The Hall–Kier alpha value is -4.37. The molecule has 0 aliphatic carbocycles. The molecule has 3 unspecified atom stereocenters. The number of hydrogen-bond acceptors (Lipinski definition) is 6. The van der Waals surface area contributed by atoms with Gasteiger partial charge in [0, 0.05) is 48.7 Å². The molecule has 8 nitrogen and oxygen atoms in total. The van der Waals surface area contributed by atoms with E-state index in [9.17, 15) is 24.6 Å². The number of benzene rings is 3. The first-order valence-electron chi connectivity index (χ1n) is 14.8. The maximum atomic E-state index is 14.2. The Bertz CT molecular complexity index is 1560. The van der Waals surface area contributed by atoms with Crippen molar-refractivity contribution in [3.8, 4) is 0 Å². The fourth-order valence-electron chi connectivity index (χ4n) is 5.54. The molecular weight excluding hydrogens is 554 g/mol. The quantitative estimate of drug-likeness (QED) is 0.178.